The quantitative estimate of drug-likeness (QED) is 0.806. The summed E-state index contributed by atoms with van der Waals surface area (Å²) in [7, 11) is 0. The Kier molecular flexibility index (Phi) is 3.23. The van der Waals surface area contributed by atoms with Crippen LogP contribution < -0.4 is 15.2 Å². The van der Waals surface area contributed by atoms with Gasteiger partial charge in [0, 0.05) is 30.3 Å². The molecule has 118 valence electrons. The molecule has 0 radical (unpaired) electrons. The molecule has 5 nitrogen and oxygen atoms in total. The Bertz CT molecular complexity index is 885. The maximum atomic E-state index is 5.94. The zero-order valence-electron chi connectivity index (χ0n) is 13.2. The van der Waals surface area contributed by atoms with Gasteiger partial charge in [-0.25, -0.2) is 4.98 Å². The van der Waals surface area contributed by atoms with Gasteiger partial charge in [-0.05, 0) is 19.9 Å². The van der Waals surface area contributed by atoms with Crippen LogP contribution in [-0.2, 0) is 0 Å². The van der Waals surface area contributed by atoms with E-state index in [4.69, 9.17) is 20.2 Å². The van der Waals surface area contributed by atoms with Crippen LogP contribution in [0.3, 0.4) is 0 Å². The van der Waals surface area contributed by atoms with Crippen LogP contribution in [0.2, 0.25) is 0 Å². The fourth-order valence-corrected chi connectivity index (χ4v) is 3.02. The fraction of sp³-hybridized carbons (Fsp3) is 0.278. The van der Waals surface area contributed by atoms with Crippen LogP contribution in [-0.4, -0.2) is 22.9 Å². The van der Waals surface area contributed by atoms with Crippen molar-refractivity contribution in [1.29, 1.82) is 0 Å². The summed E-state index contributed by atoms with van der Waals surface area (Å²) < 4.78 is 13.2. The van der Waals surface area contributed by atoms with E-state index in [1.807, 2.05) is 18.2 Å². The van der Waals surface area contributed by atoms with Crippen LogP contribution in [0.1, 0.15) is 18.5 Å². The molecule has 0 saturated heterocycles. The summed E-state index contributed by atoms with van der Waals surface area (Å²) in [6.07, 6.45) is 0. The molecule has 1 aliphatic rings. The molecule has 1 aliphatic heterocycles. The Morgan fingerprint density at radius 1 is 1.22 bits per heavy atom. The number of benzene rings is 2. The highest BCUT2D eigenvalue weighted by Gasteiger charge is 2.21. The molecule has 0 amide bonds. The maximum Gasteiger partial charge on any atom is 0.231 e. The second-order valence-electron chi connectivity index (χ2n) is 5.95. The van der Waals surface area contributed by atoms with Gasteiger partial charge in [-0.1, -0.05) is 23.8 Å². The highest BCUT2D eigenvalue weighted by Crippen LogP contribution is 2.38. The number of hydrogen-bond acceptors (Lipinski definition) is 4. The average molecular weight is 309 g/mol. The third-order valence-corrected chi connectivity index (χ3v) is 4.24. The third kappa shape index (κ3) is 2.24. The minimum atomic E-state index is 0.135. The molecule has 2 N–H and O–H groups in total. The Hall–Kier alpha value is -2.53. The number of rotatable bonds is 3. The van der Waals surface area contributed by atoms with Crippen molar-refractivity contribution in [3.63, 3.8) is 0 Å². The lowest BCUT2D eigenvalue weighted by molar-refractivity contribution is 0.174. The van der Waals surface area contributed by atoms with Crippen LogP contribution in [0, 0.1) is 6.92 Å². The molecular weight excluding hydrogens is 290 g/mol. The van der Waals surface area contributed by atoms with E-state index in [1.54, 1.807) is 0 Å². The molecule has 4 rings (SSSR count). The van der Waals surface area contributed by atoms with Crippen molar-refractivity contribution in [3.8, 4) is 22.9 Å². The van der Waals surface area contributed by atoms with Crippen molar-refractivity contribution in [2.24, 2.45) is 5.73 Å². The molecule has 3 aromatic rings. The summed E-state index contributed by atoms with van der Waals surface area (Å²) in [5.41, 5.74) is 10.1. The second-order valence-corrected chi connectivity index (χ2v) is 5.95. The van der Waals surface area contributed by atoms with Gasteiger partial charge in [-0.15, -0.1) is 0 Å². The second kappa shape index (κ2) is 5.28. The van der Waals surface area contributed by atoms with Crippen molar-refractivity contribution >= 4 is 11.0 Å². The minimum absolute atomic E-state index is 0.135. The van der Waals surface area contributed by atoms with Gasteiger partial charge in [0.05, 0.1) is 11.0 Å². The highest BCUT2D eigenvalue weighted by molar-refractivity contribution is 5.84. The van der Waals surface area contributed by atoms with Gasteiger partial charge < -0.3 is 19.8 Å². The lowest BCUT2D eigenvalue weighted by Gasteiger charge is -2.16. The summed E-state index contributed by atoms with van der Waals surface area (Å²) in [5.74, 6) is 2.43. The zero-order valence-corrected chi connectivity index (χ0v) is 13.2. The standard InChI is InChI=1S/C18H19N3O2/c1-11-4-3-5-13(6-11)18-20-14-7-16-17(23-10-22-16)8-15(14)21(18)12(2)9-19/h3-8,12H,9-10,19H2,1-2H3. The van der Waals surface area contributed by atoms with Crippen molar-refractivity contribution < 1.29 is 9.47 Å². The number of nitrogens with two attached hydrogens (primary N) is 1. The predicted molar refractivity (Wildman–Crippen MR) is 89.8 cm³/mol. The van der Waals surface area contributed by atoms with Gasteiger partial charge in [0.2, 0.25) is 6.79 Å². The normalized spacial score (nSPS) is 14.4. The number of aromatic nitrogens is 2. The van der Waals surface area contributed by atoms with Crippen LogP contribution in [0.15, 0.2) is 36.4 Å². The molecule has 23 heavy (non-hydrogen) atoms. The number of aryl methyl sites for hydroxylation is 1. The molecule has 2 aromatic carbocycles. The van der Waals surface area contributed by atoms with Crippen molar-refractivity contribution in [3.05, 3.63) is 42.0 Å². The molecule has 5 heteroatoms. The molecule has 2 heterocycles. The van der Waals surface area contributed by atoms with E-state index in [0.29, 0.717) is 6.54 Å². The lowest BCUT2D eigenvalue weighted by atomic mass is 10.1. The van der Waals surface area contributed by atoms with Gasteiger partial charge in [-0.3, -0.25) is 0 Å². The van der Waals surface area contributed by atoms with E-state index in [0.717, 1.165) is 33.9 Å². The van der Waals surface area contributed by atoms with Gasteiger partial charge in [0.1, 0.15) is 5.82 Å². The molecule has 0 fully saturated rings. The fourth-order valence-electron chi connectivity index (χ4n) is 3.02. The molecule has 0 bridgehead atoms. The van der Waals surface area contributed by atoms with Gasteiger partial charge in [0.15, 0.2) is 11.5 Å². The van der Waals surface area contributed by atoms with E-state index in [1.165, 1.54) is 5.56 Å². The first-order valence-corrected chi connectivity index (χ1v) is 7.76. The summed E-state index contributed by atoms with van der Waals surface area (Å²) in [6, 6.07) is 12.4. The SMILES string of the molecule is Cc1cccc(-c2nc3cc4c(cc3n2C(C)CN)OCO4)c1. The molecule has 1 unspecified atom stereocenters. The van der Waals surface area contributed by atoms with E-state index in [2.05, 4.69) is 36.6 Å². The topological polar surface area (TPSA) is 62.3 Å². The summed E-state index contributed by atoms with van der Waals surface area (Å²) in [4.78, 5) is 4.84. The van der Waals surface area contributed by atoms with Crippen LogP contribution in [0.5, 0.6) is 11.5 Å². The summed E-state index contributed by atoms with van der Waals surface area (Å²) in [5, 5.41) is 0. The van der Waals surface area contributed by atoms with Crippen molar-refractivity contribution in [2.45, 2.75) is 19.9 Å². The average Bonchev–Trinajstić information content (AvgIpc) is 3.15. The smallest absolute Gasteiger partial charge is 0.231 e. The Labute approximate surface area is 134 Å². The molecule has 0 aliphatic carbocycles. The van der Waals surface area contributed by atoms with Gasteiger partial charge >= 0.3 is 0 Å². The highest BCUT2D eigenvalue weighted by atomic mass is 16.7. The van der Waals surface area contributed by atoms with Gasteiger partial charge in [0.25, 0.3) is 0 Å². The lowest BCUT2D eigenvalue weighted by Crippen LogP contribution is -2.16. The first kappa shape index (κ1) is 14.1. The largest absolute Gasteiger partial charge is 0.454 e. The van der Waals surface area contributed by atoms with Crippen LogP contribution in [0.25, 0.3) is 22.4 Å². The summed E-state index contributed by atoms with van der Waals surface area (Å²) >= 11 is 0. The van der Waals surface area contributed by atoms with E-state index < -0.39 is 0 Å². The first-order valence-electron chi connectivity index (χ1n) is 7.76. The monoisotopic (exact) mass is 309 g/mol. The molecular formula is C18H19N3O2. The molecule has 1 atom stereocenters. The van der Waals surface area contributed by atoms with Gasteiger partial charge in [-0.2, -0.15) is 0 Å². The molecule has 1 aromatic heterocycles. The van der Waals surface area contributed by atoms with Crippen LogP contribution in [0.4, 0.5) is 0 Å². The number of hydrogen-bond donors (Lipinski definition) is 1. The number of ether oxygens (including phenoxy) is 2. The Morgan fingerprint density at radius 3 is 2.74 bits per heavy atom. The first-order chi connectivity index (χ1) is 11.2. The predicted octanol–water partition coefficient (Wildman–Crippen LogP) is 3.26. The number of imidazole rings is 1. The third-order valence-electron chi connectivity index (χ3n) is 4.24. The maximum absolute atomic E-state index is 5.94. The van der Waals surface area contributed by atoms with E-state index >= 15 is 0 Å². The molecule has 0 spiro atoms. The van der Waals surface area contributed by atoms with E-state index in [9.17, 15) is 0 Å². The Morgan fingerprint density at radius 2 is 2.00 bits per heavy atom. The van der Waals surface area contributed by atoms with Crippen LogP contribution >= 0.6 is 0 Å². The van der Waals surface area contributed by atoms with Crippen molar-refractivity contribution in [1.82, 2.24) is 9.55 Å². The van der Waals surface area contributed by atoms with Crippen molar-refractivity contribution in [2.75, 3.05) is 13.3 Å². The number of fused-ring (bicyclic) bond motifs is 2. The minimum Gasteiger partial charge on any atom is -0.454 e. The summed E-state index contributed by atoms with van der Waals surface area (Å²) in [6.45, 7) is 4.99. The molecule has 0 saturated carbocycles. The van der Waals surface area contributed by atoms with E-state index in [-0.39, 0.29) is 12.8 Å². The Balaban J connectivity index is 1.99. The zero-order chi connectivity index (χ0) is 16.0. The number of nitrogens with zero attached hydrogens (tertiary/aromatic N) is 2.